The molecule has 1 aliphatic heterocycles. The van der Waals surface area contributed by atoms with Gasteiger partial charge in [0.05, 0.1) is 11.7 Å². The second-order valence-electron chi connectivity index (χ2n) is 3.99. The van der Waals surface area contributed by atoms with E-state index in [-0.39, 0.29) is 0 Å². The number of hydrogen-bond donors (Lipinski definition) is 1. The molecule has 3 rings (SSSR count). The molecule has 3 heterocycles. The number of fused-ring (bicyclic) bond motifs is 3. The Kier molecular flexibility index (Phi) is 1.61. The fraction of sp³-hybridized carbons (Fsp3) is 0.364. The predicted octanol–water partition coefficient (Wildman–Crippen LogP) is 1.55. The Morgan fingerprint density at radius 2 is 2.43 bits per heavy atom. The van der Waals surface area contributed by atoms with Crippen LogP contribution in [0.4, 0.5) is 0 Å². The van der Waals surface area contributed by atoms with Crippen molar-refractivity contribution < 1.29 is 0 Å². The molecule has 2 aromatic rings. The average Bonchev–Trinajstić information content (AvgIpc) is 2.56. The fourth-order valence-electron chi connectivity index (χ4n) is 2.20. The molecular weight excluding hydrogens is 174 g/mol. The number of hydrogen-bond acceptors (Lipinski definition) is 2. The molecule has 1 aliphatic rings. The quantitative estimate of drug-likeness (QED) is 0.678. The Morgan fingerprint density at radius 1 is 1.50 bits per heavy atom. The third kappa shape index (κ3) is 1.06. The van der Waals surface area contributed by atoms with Crippen molar-refractivity contribution in [3.63, 3.8) is 0 Å². The van der Waals surface area contributed by atoms with Crippen molar-refractivity contribution in [2.24, 2.45) is 0 Å². The number of H-pyrrole nitrogens is 1. The normalized spacial score (nSPS) is 17.2. The summed E-state index contributed by atoms with van der Waals surface area (Å²) in [5.74, 6) is 0. The molecule has 0 amide bonds. The minimum absolute atomic E-state index is 1.05. The average molecular weight is 187 g/mol. The minimum atomic E-state index is 1.05. The first-order valence-corrected chi connectivity index (χ1v) is 4.96. The Bertz CT molecular complexity index is 472. The maximum absolute atomic E-state index is 4.13. The molecule has 2 aromatic heterocycles. The Hall–Kier alpha value is -1.35. The number of rotatable bonds is 0. The molecule has 72 valence electrons. The number of aromatic nitrogens is 2. The second-order valence-corrected chi connectivity index (χ2v) is 3.99. The van der Waals surface area contributed by atoms with Crippen LogP contribution >= 0.6 is 0 Å². The lowest BCUT2D eigenvalue weighted by Crippen LogP contribution is -2.25. The van der Waals surface area contributed by atoms with Crippen LogP contribution in [0, 0.1) is 0 Å². The van der Waals surface area contributed by atoms with Gasteiger partial charge in [0.15, 0.2) is 0 Å². The van der Waals surface area contributed by atoms with Crippen molar-refractivity contribution in [2.45, 2.75) is 13.0 Å². The third-order valence-electron chi connectivity index (χ3n) is 2.97. The van der Waals surface area contributed by atoms with Gasteiger partial charge in [-0.15, -0.1) is 0 Å². The van der Waals surface area contributed by atoms with Crippen LogP contribution in [-0.4, -0.2) is 28.5 Å². The number of nitrogens with one attached hydrogen (secondary N) is 1. The Morgan fingerprint density at radius 3 is 3.36 bits per heavy atom. The highest BCUT2D eigenvalue weighted by Crippen LogP contribution is 2.25. The van der Waals surface area contributed by atoms with Crippen LogP contribution in [0.3, 0.4) is 0 Å². The second kappa shape index (κ2) is 2.82. The van der Waals surface area contributed by atoms with Crippen molar-refractivity contribution in [1.82, 2.24) is 14.9 Å². The lowest BCUT2D eigenvalue weighted by Gasteiger charge is -2.22. The molecule has 3 heteroatoms. The minimum Gasteiger partial charge on any atom is -0.357 e. The van der Waals surface area contributed by atoms with Crippen LogP contribution in [0.15, 0.2) is 18.5 Å². The molecule has 14 heavy (non-hydrogen) atoms. The summed E-state index contributed by atoms with van der Waals surface area (Å²) < 4.78 is 0. The molecule has 0 saturated heterocycles. The summed E-state index contributed by atoms with van der Waals surface area (Å²) in [4.78, 5) is 9.94. The zero-order valence-corrected chi connectivity index (χ0v) is 8.25. The smallest absolute Gasteiger partial charge is 0.0645 e. The van der Waals surface area contributed by atoms with Crippen LogP contribution in [0.2, 0.25) is 0 Å². The SMILES string of the molecule is CN1CCc2[nH]c3cnccc3c2C1. The standard InChI is InChI=1S/C11H13N3/c1-14-5-3-10-9(7-14)8-2-4-12-6-11(8)13-10/h2,4,6,13H,3,5,7H2,1H3. The first kappa shape index (κ1) is 8.00. The van der Waals surface area contributed by atoms with Gasteiger partial charge in [0, 0.05) is 36.8 Å². The largest absolute Gasteiger partial charge is 0.357 e. The van der Waals surface area contributed by atoms with Crippen LogP contribution in [0.1, 0.15) is 11.3 Å². The van der Waals surface area contributed by atoms with E-state index in [0.29, 0.717) is 0 Å². The maximum atomic E-state index is 4.13. The van der Waals surface area contributed by atoms with E-state index < -0.39 is 0 Å². The van der Waals surface area contributed by atoms with E-state index in [1.165, 1.54) is 22.2 Å². The van der Waals surface area contributed by atoms with Crippen LogP contribution < -0.4 is 0 Å². The van der Waals surface area contributed by atoms with Gasteiger partial charge in [-0.05, 0) is 18.7 Å². The van der Waals surface area contributed by atoms with E-state index in [4.69, 9.17) is 0 Å². The van der Waals surface area contributed by atoms with Crippen molar-refractivity contribution in [3.8, 4) is 0 Å². The van der Waals surface area contributed by atoms with Gasteiger partial charge in [0.1, 0.15) is 0 Å². The summed E-state index contributed by atoms with van der Waals surface area (Å²) >= 11 is 0. The van der Waals surface area contributed by atoms with Gasteiger partial charge in [-0.25, -0.2) is 0 Å². The summed E-state index contributed by atoms with van der Waals surface area (Å²) in [5, 5.41) is 1.33. The highest BCUT2D eigenvalue weighted by atomic mass is 15.1. The molecule has 0 bridgehead atoms. The summed E-state index contributed by atoms with van der Waals surface area (Å²) in [5.41, 5.74) is 4.02. The Balaban J connectivity index is 2.25. The van der Waals surface area contributed by atoms with E-state index >= 15 is 0 Å². The number of nitrogens with zero attached hydrogens (tertiary/aromatic N) is 2. The number of pyridine rings is 1. The highest BCUT2D eigenvalue weighted by molar-refractivity contribution is 5.83. The summed E-state index contributed by atoms with van der Waals surface area (Å²) in [6.07, 6.45) is 4.90. The maximum Gasteiger partial charge on any atom is 0.0645 e. The van der Waals surface area contributed by atoms with Crippen LogP contribution in [0.25, 0.3) is 10.9 Å². The monoisotopic (exact) mass is 187 g/mol. The molecule has 0 saturated carbocycles. The van der Waals surface area contributed by atoms with E-state index in [9.17, 15) is 0 Å². The lowest BCUT2D eigenvalue weighted by molar-refractivity contribution is 0.313. The summed E-state index contributed by atoms with van der Waals surface area (Å²) in [7, 11) is 2.17. The van der Waals surface area contributed by atoms with Gasteiger partial charge in [-0.1, -0.05) is 0 Å². The molecule has 0 radical (unpaired) electrons. The Labute approximate surface area is 82.8 Å². The zero-order chi connectivity index (χ0) is 9.54. The van der Waals surface area contributed by atoms with E-state index in [2.05, 4.69) is 28.0 Å². The number of aromatic amines is 1. The first-order chi connectivity index (χ1) is 6.84. The van der Waals surface area contributed by atoms with Gasteiger partial charge in [0.2, 0.25) is 0 Å². The lowest BCUT2D eigenvalue weighted by atomic mass is 10.1. The molecule has 0 aliphatic carbocycles. The van der Waals surface area contributed by atoms with E-state index in [1.54, 1.807) is 0 Å². The van der Waals surface area contributed by atoms with Gasteiger partial charge in [-0.3, -0.25) is 4.98 Å². The van der Waals surface area contributed by atoms with Gasteiger partial charge in [-0.2, -0.15) is 0 Å². The molecule has 0 aromatic carbocycles. The highest BCUT2D eigenvalue weighted by Gasteiger charge is 2.17. The zero-order valence-electron chi connectivity index (χ0n) is 8.25. The third-order valence-corrected chi connectivity index (χ3v) is 2.97. The van der Waals surface area contributed by atoms with Crippen molar-refractivity contribution >= 4 is 10.9 Å². The van der Waals surface area contributed by atoms with Crippen LogP contribution in [0.5, 0.6) is 0 Å². The van der Waals surface area contributed by atoms with E-state index in [1.807, 2.05) is 12.4 Å². The molecule has 3 nitrogen and oxygen atoms in total. The molecule has 0 atom stereocenters. The molecular formula is C11H13N3. The topological polar surface area (TPSA) is 31.9 Å². The number of likely N-dealkylation sites (N-methyl/N-ethyl adjacent to an activating group) is 1. The van der Waals surface area contributed by atoms with Crippen LogP contribution in [-0.2, 0) is 13.0 Å². The molecule has 0 fully saturated rings. The first-order valence-electron chi connectivity index (χ1n) is 4.96. The summed E-state index contributed by atoms with van der Waals surface area (Å²) in [6, 6.07) is 2.10. The van der Waals surface area contributed by atoms with E-state index in [0.717, 1.165) is 19.5 Å². The van der Waals surface area contributed by atoms with Crippen molar-refractivity contribution in [1.29, 1.82) is 0 Å². The van der Waals surface area contributed by atoms with Crippen molar-refractivity contribution in [2.75, 3.05) is 13.6 Å². The predicted molar refractivity (Wildman–Crippen MR) is 56.1 cm³/mol. The van der Waals surface area contributed by atoms with Gasteiger partial charge < -0.3 is 9.88 Å². The molecule has 0 spiro atoms. The van der Waals surface area contributed by atoms with Gasteiger partial charge in [0.25, 0.3) is 0 Å². The molecule has 0 unspecified atom stereocenters. The van der Waals surface area contributed by atoms with Gasteiger partial charge >= 0.3 is 0 Å². The van der Waals surface area contributed by atoms with Crippen molar-refractivity contribution in [3.05, 3.63) is 29.7 Å². The fourth-order valence-corrected chi connectivity index (χ4v) is 2.20. The molecule has 1 N–H and O–H groups in total. The summed E-state index contributed by atoms with van der Waals surface area (Å²) in [6.45, 7) is 2.20.